The Kier molecular flexibility index (Phi) is 5.19. The van der Waals surface area contributed by atoms with Crippen LogP contribution in [-0.4, -0.2) is 39.5 Å². The van der Waals surface area contributed by atoms with Crippen LogP contribution in [0.3, 0.4) is 0 Å². The zero-order chi connectivity index (χ0) is 24.1. The van der Waals surface area contributed by atoms with Crippen LogP contribution in [0, 0.1) is 18.6 Å². The Morgan fingerprint density at radius 2 is 1.88 bits per heavy atom. The topological polar surface area (TPSA) is 91.6 Å². The monoisotopic (exact) mass is 465 g/mol. The summed E-state index contributed by atoms with van der Waals surface area (Å²) in [5, 5.41) is 13.0. The second kappa shape index (κ2) is 8.09. The fourth-order valence-corrected chi connectivity index (χ4v) is 4.71. The maximum Gasteiger partial charge on any atom is 0.274 e. The fraction of sp³-hybridized carbons (Fsp3) is 0.240. The van der Waals surface area contributed by atoms with Gasteiger partial charge in [0.05, 0.1) is 6.04 Å². The summed E-state index contributed by atoms with van der Waals surface area (Å²) < 4.78 is 29.8. The number of aryl methyl sites for hydroxylation is 1. The average molecular weight is 465 g/mol. The summed E-state index contributed by atoms with van der Waals surface area (Å²) in [6, 6.07) is 9.53. The molecule has 2 aromatic carbocycles. The van der Waals surface area contributed by atoms with E-state index in [1.165, 1.54) is 10.8 Å². The number of carbonyl (C=O) groups excluding carboxylic acids is 2. The van der Waals surface area contributed by atoms with Gasteiger partial charge in [0, 0.05) is 31.4 Å². The van der Waals surface area contributed by atoms with Gasteiger partial charge in [-0.05, 0) is 42.2 Å². The van der Waals surface area contributed by atoms with E-state index >= 15 is 0 Å². The summed E-state index contributed by atoms with van der Waals surface area (Å²) >= 11 is 0. The van der Waals surface area contributed by atoms with E-state index in [1.807, 2.05) is 24.3 Å². The lowest BCUT2D eigenvalue weighted by atomic mass is 9.97. The Hall–Kier alpha value is -4.01. The lowest BCUT2D eigenvalue weighted by molar-refractivity contribution is 0.0686. The van der Waals surface area contributed by atoms with Crippen molar-refractivity contribution in [2.45, 2.75) is 25.9 Å². The lowest BCUT2D eigenvalue weighted by Crippen LogP contribution is -2.45. The van der Waals surface area contributed by atoms with Crippen LogP contribution < -0.4 is 10.7 Å². The first-order chi connectivity index (χ1) is 16.3. The molecule has 2 aliphatic rings. The van der Waals surface area contributed by atoms with E-state index in [1.54, 1.807) is 11.8 Å². The van der Waals surface area contributed by atoms with E-state index in [2.05, 4.69) is 5.32 Å². The number of amides is 2. The molecule has 5 rings (SSSR count). The zero-order valence-electron chi connectivity index (χ0n) is 18.3. The first-order valence-electron chi connectivity index (χ1n) is 10.8. The van der Waals surface area contributed by atoms with Crippen molar-refractivity contribution >= 4 is 11.8 Å². The molecule has 7 nitrogen and oxygen atoms in total. The van der Waals surface area contributed by atoms with Gasteiger partial charge >= 0.3 is 0 Å². The molecule has 2 bridgehead atoms. The van der Waals surface area contributed by atoms with Gasteiger partial charge in [-0.3, -0.25) is 14.4 Å². The molecule has 0 unspecified atom stereocenters. The van der Waals surface area contributed by atoms with Crippen molar-refractivity contribution in [3.05, 3.63) is 98.0 Å². The van der Waals surface area contributed by atoms with Gasteiger partial charge in [-0.2, -0.15) is 0 Å². The third-order valence-electron chi connectivity index (χ3n) is 6.45. The minimum absolute atomic E-state index is 0.176. The first-order valence-corrected chi connectivity index (χ1v) is 10.8. The van der Waals surface area contributed by atoms with E-state index in [0.717, 1.165) is 23.3 Å². The number of fused-ring (bicyclic) bond motifs is 6. The van der Waals surface area contributed by atoms with E-state index in [4.69, 9.17) is 0 Å². The Labute approximate surface area is 193 Å². The second-order valence-corrected chi connectivity index (χ2v) is 8.58. The van der Waals surface area contributed by atoms with Gasteiger partial charge in [-0.1, -0.05) is 24.3 Å². The highest BCUT2D eigenvalue weighted by Crippen LogP contribution is 2.34. The number of halogens is 2. The maximum absolute atomic E-state index is 14.2. The van der Waals surface area contributed by atoms with Gasteiger partial charge in [0.15, 0.2) is 11.4 Å². The predicted molar refractivity (Wildman–Crippen MR) is 119 cm³/mol. The standard InChI is InChI=1S/C25H21F2N3O4/c1-13-8-18(26)16(19(27)9-13)10-28-24(33)17-11-30-20-12-29(25(34)21(30)23(32)22(17)31)7-6-14-4-2-3-5-15(14)20/h2-5,8-9,11,20,32H,6-7,10,12H2,1H3,(H,28,33)/t20-/m1/s1. The van der Waals surface area contributed by atoms with Crippen LogP contribution in [0.25, 0.3) is 0 Å². The number of nitrogens with one attached hydrogen (secondary N) is 1. The van der Waals surface area contributed by atoms with Crippen LogP contribution >= 0.6 is 0 Å². The molecule has 1 aromatic heterocycles. The highest BCUT2D eigenvalue weighted by molar-refractivity contribution is 5.99. The van der Waals surface area contributed by atoms with E-state index in [9.17, 15) is 28.3 Å². The third kappa shape index (κ3) is 3.44. The number of pyridine rings is 1. The van der Waals surface area contributed by atoms with E-state index in [0.29, 0.717) is 25.1 Å². The van der Waals surface area contributed by atoms with Crippen LogP contribution in [0.1, 0.15) is 49.1 Å². The molecule has 0 saturated carbocycles. The minimum atomic E-state index is -1.02. The van der Waals surface area contributed by atoms with Crippen LogP contribution in [-0.2, 0) is 13.0 Å². The first kappa shape index (κ1) is 21.8. The Balaban J connectivity index is 1.55. The van der Waals surface area contributed by atoms with Crippen molar-refractivity contribution in [2.75, 3.05) is 13.1 Å². The number of aromatic hydroxyl groups is 1. The lowest BCUT2D eigenvalue weighted by Gasteiger charge is -2.35. The summed E-state index contributed by atoms with van der Waals surface area (Å²) in [4.78, 5) is 40.3. The van der Waals surface area contributed by atoms with Crippen molar-refractivity contribution in [2.24, 2.45) is 0 Å². The molecule has 9 heteroatoms. The predicted octanol–water partition coefficient (Wildman–Crippen LogP) is 2.67. The van der Waals surface area contributed by atoms with Gasteiger partial charge in [-0.25, -0.2) is 8.78 Å². The molecule has 0 radical (unpaired) electrons. The van der Waals surface area contributed by atoms with Crippen LogP contribution in [0.2, 0.25) is 0 Å². The third-order valence-corrected chi connectivity index (χ3v) is 6.45. The molecule has 2 aliphatic heterocycles. The largest absolute Gasteiger partial charge is 0.503 e. The maximum atomic E-state index is 14.2. The van der Waals surface area contributed by atoms with Crippen LogP contribution in [0.4, 0.5) is 8.78 Å². The smallest absolute Gasteiger partial charge is 0.274 e. The molecule has 0 spiro atoms. The van der Waals surface area contributed by atoms with Gasteiger partial charge in [-0.15, -0.1) is 0 Å². The number of carbonyl (C=O) groups is 2. The minimum Gasteiger partial charge on any atom is -0.503 e. The zero-order valence-corrected chi connectivity index (χ0v) is 18.3. The molecule has 2 N–H and O–H groups in total. The number of aromatic nitrogens is 1. The molecule has 34 heavy (non-hydrogen) atoms. The molecule has 2 amide bonds. The number of benzene rings is 2. The van der Waals surface area contributed by atoms with Crippen molar-refractivity contribution in [1.29, 1.82) is 0 Å². The van der Waals surface area contributed by atoms with Crippen molar-refractivity contribution < 1.29 is 23.5 Å². The summed E-state index contributed by atoms with van der Waals surface area (Å²) in [6.07, 6.45) is 1.87. The summed E-state index contributed by atoms with van der Waals surface area (Å²) in [7, 11) is 0. The van der Waals surface area contributed by atoms with Crippen LogP contribution in [0.5, 0.6) is 5.75 Å². The molecule has 3 heterocycles. The Bertz CT molecular complexity index is 1390. The molecule has 3 aromatic rings. The number of nitrogens with zero attached hydrogens (tertiary/aromatic N) is 2. The van der Waals surface area contributed by atoms with Crippen LogP contribution in [0.15, 0.2) is 47.4 Å². The van der Waals surface area contributed by atoms with Crippen molar-refractivity contribution in [3.63, 3.8) is 0 Å². The Morgan fingerprint density at radius 1 is 1.18 bits per heavy atom. The van der Waals surface area contributed by atoms with Gasteiger partial charge in [0.25, 0.3) is 11.8 Å². The average Bonchev–Trinajstić information content (AvgIpc) is 2.97. The molecule has 0 saturated heterocycles. The molecule has 174 valence electrons. The number of hydrogen-bond donors (Lipinski definition) is 2. The highest BCUT2D eigenvalue weighted by Gasteiger charge is 2.38. The van der Waals surface area contributed by atoms with Gasteiger partial charge in [0.2, 0.25) is 5.43 Å². The normalized spacial score (nSPS) is 16.5. The molecule has 0 fully saturated rings. The number of hydrogen-bond acceptors (Lipinski definition) is 4. The van der Waals surface area contributed by atoms with Gasteiger partial charge < -0.3 is 19.9 Å². The van der Waals surface area contributed by atoms with Crippen molar-refractivity contribution in [1.82, 2.24) is 14.8 Å². The molecule has 1 atom stereocenters. The fourth-order valence-electron chi connectivity index (χ4n) is 4.71. The Morgan fingerprint density at radius 3 is 2.62 bits per heavy atom. The molecular formula is C25H21F2N3O4. The molecular weight excluding hydrogens is 444 g/mol. The number of rotatable bonds is 3. The van der Waals surface area contributed by atoms with Crippen molar-refractivity contribution in [3.8, 4) is 5.75 Å². The summed E-state index contributed by atoms with van der Waals surface area (Å²) in [5.41, 5.74) is 0.398. The van der Waals surface area contributed by atoms with Gasteiger partial charge in [0.1, 0.15) is 17.2 Å². The summed E-state index contributed by atoms with van der Waals surface area (Å²) in [6.45, 7) is 1.82. The SMILES string of the molecule is Cc1cc(F)c(CNC(=O)c2cn3c(c(O)c2=O)C(=O)N2CCc4ccccc4[C@H]3C2)c(F)c1. The van der Waals surface area contributed by atoms with E-state index in [-0.39, 0.29) is 11.3 Å². The second-order valence-electron chi connectivity index (χ2n) is 8.58. The molecule has 0 aliphatic carbocycles. The highest BCUT2D eigenvalue weighted by atomic mass is 19.1. The quantitative estimate of drug-likeness (QED) is 0.622. The van der Waals surface area contributed by atoms with E-state index < -0.39 is 52.8 Å². The summed E-state index contributed by atoms with van der Waals surface area (Å²) in [5.74, 6) is -3.85.